The van der Waals surface area contributed by atoms with Gasteiger partial charge in [0, 0.05) is 37.3 Å². The van der Waals surface area contributed by atoms with Crippen LogP contribution in [-0.2, 0) is 6.42 Å². The van der Waals surface area contributed by atoms with Crippen LogP contribution >= 0.6 is 11.3 Å². The van der Waals surface area contributed by atoms with Crippen LogP contribution in [0.25, 0.3) is 71.5 Å². The number of allylic oxidation sites excluding steroid dienone is 11. The van der Waals surface area contributed by atoms with Crippen molar-refractivity contribution in [2.75, 3.05) is 4.90 Å². The van der Waals surface area contributed by atoms with Crippen LogP contribution in [0, 0.1) is 0 Å². The molecule has 4 aliphatic carbocycles. The largest absolute Gasteiger partial charge is 0.333 e. The number of para-hydroxylation sites is 2. The van der Waals surface area contributed by atoms with Crippen LogP contribution in [0.2, 0.25) is 0 Å². The average Bonchev–Trinajstić information content (AvgIpc) is 3.99. The third kappa shape index (κ3) is 5.43. The molecule has 0 bridgehead atoms. The predicted octanol–water partition coefficient (Wildman–Crippen LogP) is 14.7. The van der Waals surface area contributed by atoms with Crippen molar-refractivity contribution in [2.24, 2.45) is 0 Å². The third-order valence-corrected chi connectivity index (χ3v) is 14.9. The van der Waals surface area contributed by atoms with Gasteiger partial charge in [-0.05, 0) is 125 Å². The lowest BCUT2D eigenvalue weighted by molar-refractivity contribution is 0.745. The van der Waals surface area contributed by atoms with Crippen molar-refractivity contribution in [2.45, 2.75) is 50.5 Å². The molecule has 2 atom stereocenters. The molecule has 2 unspecified atom stereocenters. The molecule has 0 saturated carbocycles. The van der Waals surface area contributed by atoms with Crippen molar-refractivity contribution in [3.8, 4) is 17.1 Å². The van der Waals surface area contributed by atoms with Gasteiger partial charge in [-0.2, -0.15) is 0 Å². The number of rotatable bonds is 5. The number of thiophene rings is 1. The Morgan fingerprint density at radius 3 is 2.34 bits per heavy atom. The number of aromatic nitrogens is 3. The second kappa shape index (κ2) is 13.9. The molecule has 0 spiro atoms. The normalized spacial score (nSPS) is 19.1. The molecule has 0 radical (unpaired) electrons. The quantitative estimate of drug-likeness (QED) is 0.174. The lowest BCUT2D eigenvalue weighted by atomic mass is 9.88. The summed E-state index contributed by atoms with van der Waals surface area (Å²) in [6, 6.07) is 38.4. The first-order chi connectivity index (χ1) is 30.3. The highest BCUT2D eigenvalue weighted by Gasteiger charge is 2.40. The molecule has 13 rings (SSSR count). The van der Waals surface area contributed by atoms with Gasteiger partial charge in [0.15, 0.2) is 0 Å². The molecule has 4 heterocycles. The van der Waals surface area contributed by atoms with Gasteiger partial charge >= 0.3 is 0 Å². The van der Waals surface area contributed by atoms with Crippen LogP contribution in [0.5, 0.6) is 0 Å². The summed E-state index contributed by atoms with van der Waals surface area (Å²) in [6.07, 6.45) is 31.7. The summed E-state index contributed by atoms with van der Waals surface area (Å²) < 4.78 is 3.72. The maximum Gasteiger partial charge on any atom is 0.235 e. The lowest BCUT2D eigenvalue weighted by Gasteiger charge is -2.29. The molecule has 5 aliphatic rings. The van der Waals surface area contributed by atoms with Crippen molar-refractivity contribution in [3.05, 3.63) is 197 Å². The first-order valence-electron chi connectivity index (χ1n) is 21.8. The second-order valence-electron chi connectivity index (χ2n) is 17.0. The topological polar surface area (TPSA) is 34.0 Å². The van der Waals surface area contributed by atoms with Crippen LogP contribution in [-0.4, -0.2) is 20.6 Å². The third-order valence-electron chi connectivity index (χ3n) is 13.6. The molecule has 0 amide bonds. The smallest absolute Gasteiger partial charge is 0.235 e. The molecule has 4 nitrogen and oxygen atoms in total. The zero-order chi connectivity index (χ0) is 40.0. The Bertz CT molecular complexity index is 3380. The first kappa shape index (κ1) is 35.0. The molecule has 5 heteroatoms. The predicted molar refractivity (Wildman–Crippen MR) is 257 cm³/mol. The van der Waals surface area contributed by atoms with E-state index in [1.807, 2.05) is 11.3 Å². The van der Waals surface area contributed by atoms with E-state index in [-0.39, 0.29) is 12.0 Å². The maximum absolute atomic E-state index is 5.59. The second-order valence-corrected chi connectivity index (χ2v) is 18.0. The minimum atomic E-state index is 0.175. The monoisotopic (exact) mass is 802 g/mol. The zero-order valence-electron chi connectivity index (χ0n) is 33.8. The minimum Gasteiger partial charge on any atom is -0.333 e. The van der Waals surface area contributed by atoms with Gasteiger partial charge in [0.25, 0.3) is 0 Å². The van der Waals surface area contributed by atoms with Crippen LogP contribution in [0.3, 0.4) is 0 Å². The highest BCUT2D eigenvalue weighted by atomic mass is 32.1. The van der Waals surface area contributed by atoms with E-state index >= 15 is 0 Å². The lowest BCUT2D eigenvalue weighted by Crippen LogP contribution is -2.28. The molecule has 292 valence electrons. The molecule has 8 aromatic rings. The average molecular weight is 803 g/mol. The molecule has 0 fully saturated rings. The Kier molecular flexibility index (Phi) is 7.95. The van der Waals surface area contributed by atoms with Crippen LogP contribution in [0.4, 0.5) is 11.4 Å². The van der Waals surface area contributed by atoms with Gasteiger partial charge in [0.1, 0.15) is 0 Å². The summed E-state index contributed by atoms with van der Waals surface area (Å²) in [5, 5.41) is 4.95. The Labute approximate surface area is 359 Å². The fraction of sp³-hybridized carbons (Fsp3) is 0.143. The van der Waals surface area contributed by atoms with Gasteiger partial charge in [-0.25, -0.2) is 9.97 Å². The van der Waals surface area contributed by atoms with Gasteiger partial charge in [0.2, 0.25) is 5.95 Å². The summed E-state index contributed by atoms with van der Waals surface area (Å²) in [5.41, 5.74) is 16.2. The maximum atomic E-state index is 5.59. The van der Waals surface area contributed by atoms with Crippen LogP contribution in [0.15, 0.2) is 175 Å². The Morgan fingerprint density at radius 1 is 0.623 bits per heavy atom. The SMILES string of the molecule is C1=CCCC(C2=CC=C(c3nc(-n4c5ccc(-c6cccc7c8c(sc67)C=CCC8)cc5c5c6c(ccc54)C4C=CC=CC4N6c4ccccc4)nc4ccccc34)CC2)=C1. The van der Waals surface area contributed by atoms with Crippen molar-refractivity contribution < 1.29 is 0 Å². The van der Waals surface area contributed by atoms with E-state index in [9.17, 15) is 0 Å². The molecule has 3 aromatic heterocycles. The molecule has 0 N–H and O–H groups in total. The number of fused-ring (bicyclic) bond motifs is 11. The van der Waals surface area contributed by atoms with Crippen molar-refractivity contribution in [1.29, 1.82) is 0 Å². The minimum absolute atomic E-state index is 0.175. The molecular weight excluding hydrogens is 761 g/mol. The van der Waals surface area contributed by atoms with Gasteiger partial charge < -0.3 is 4.90 Å². The van der Waals surface area contributed by atoms with Gasteiger partial charge in [-0.15, -0.1) is 11.3 Å². The summed E-state index contributed by atoms with van der Waals surface area (Å²) in [5.74, 6) is 0.948. The fourth-order valence-electron chi connectivity index (χ4n) is 10.8. The van der Waals surface area contributed by atoms with Gasteiger partial charge in [-0.1, -0.05) is 127 Å². The van der Waals surface area contributed by atoms with E-state index in [2.05, 4.69) is 179 Å². The summed E-state index contributed by atoms with van der Waals surface area (Å²) in [7, 11) is 0. The number of hydrogen-bond acceptors (Lipinski definition) is 4. The standard InChI is InChI=1S/C56H42N4S/c1-3-14-35(15-4-1)36-26-28-37(29-27-36)53-45-20-7-10-23-47(45)57-56(58-53)60-49-32-30-38(40-21-13-22-44-42-19-9-12-25-51(42)61-55(40)44)34-46(49)52-50(60)33-31-43-41-18-8-11-24-48(41)59(54(43)52)39-16-5-2-6-17-39/h1-3,5-8,10-14,16-18,20-26,28,30-34,41,48H,4,9,15,19,27,29H2. The fourth-order valence-corrected chi connectivity index (χ4v) is 12.1. The van der Waals surface area contributed by atoms with E-state index in [1.165, 1.54) is 76.1 Å². The molecular formula is C56H42N4S. The van der Waals surface area contributed by atoms with Crippen molar-refractivity contribution in [3.63, 3.8) is 0 Å². The first-order valence-corrected chi connectivity index (χ1v) is 22.6. The molecule has 0 saturated heterocycles. The van der Waals surface area contributed by atoms with E-state index < -0.39 is 0 Å². The zero-order valence-corrected chi connectivity index (χ0v) is 34.6. The number of hydrogen-bond donors (Lipinski definition) is 0. The molecule has 5 aromatic carbocycles. The van der Waals surface area contributed by atoms with Crippen molar-refractivity contribution in [1.82, 2.24) is 14.5 Å². The van der Waals surface area contributed by atoms with Crippen molar-refractivity contribution >= 4 is 77.2 Å². The number of aryl methyl sites for hydroxylation is 1. The van der Waals surface area contributed by atoms with Gasteiger partial charge in [0.05, 0.1) is 34.0 Å². The van der Waals surface area contributed by atoms with Crippen LogP contribution in [0.1, 0.15) is 59.7 Å². The number of nitrogens with zero attached hydrogens (tertiary/aromatic N) is 4. The summed E-state index contributed by atoms with van der Waals surface area (Å²) in [6.45, 7) is 0. The van der Waals surface area contributed by atoms with Crippen LogP contribution < -0.4 is 4.90 Å². The summed E-state index contributed by atoms with van der Waals surface area (Å²) >= 11 is 1.94. The Morgan fingerprint density at radius 2 is 1.44 bits per heavy atom. The highest BCUT2D eigenvalue weighted by Crippen LogP contribution is 2.53. The highest BCUT2D eigenvalue weighted by molar-refractivity contribution is 7.20. The van der Waals surface area contributed by atoms with E-state index in [0.29, 0.717) is 5.95 Å². The Balaban J connectivity index is 1.08. The van der Waals surface area contributed by atoms with E-state index in [0.717, 1.165) is 66.2 Å². The Hall–Kier alpha value is -6.82. The van der Waals surface area contributed by atoms with Gasteiger partial charge in [-0.3, -0.25) is 4.57 Å². The van der Waals surface area contributed by atoms with E-state index in [4.69, 9.17) is 9.97 Å². The summed E-state index contributed by atoms with van der Waals surface area (Å²) in [4.78, 5) is 15.0. The number of benzene rings is 5. The number of anilines is 2. The van der Waals surface area contributed by atoms with E-state index in [1.54, 1.807) is 0 Å². The molecule has 61 heavy (non-hydrogen) atoms. The molecule has 1 aliphatic heterocycles.